The van der Waals surface area contributed by atoms with Gasteiger partial charge in [0.1, 0.15) is 0 Å². The number of hydrogen-bond donors (Lipinski definition) is 4. The van der Waals surface area contributed by atoms with Crippen LogP contribution in [-0.4, -0.2) is 85.5 Å². The number of aliphatic hydroxyl groups is 1. The summed E-state index contributed by atoms with van der Waals surface area (Å²) in [7, 11) is 0. The lowest BCUT2D eigenvalue weighted by atomic mass is 9.86. The molecular formula is C33H41N9O3. The maximum Gasteiger partial charge on any atom is 0.253 e. The standard InChI is InChI=1S/C33H41N9O3/c1-33(2,3)23-10-6-21(7-11-23)28(44)36-25-5-4-16-41(19-25)31-38-30-35-15-18-42(30)32(39-31)37-24-12-8-22(9-13-24)29(45)40-17-14-26(34)27(43)20-40/h6-13,15,18,25-27,43H,4-5,14,16-17,19-20,34H2,1-3H3,(H,36,44)(H,35,37,38,39). The maximum atomic E-state index is 13.1. The molecule has 2 aliphatic heterocycles. The molecule has 0 saturated carbocycles. The number of benzene rings is 2. The average Bonchev–Trinajstić information content (AvgIpc) is 3.51. The van der Waals surface area contributed by atoms with E-state index < -0.39 is 6.10 Å². The van der Waals surface area contributed by atoms with E-state index in [0.717, 1.165) is 25.1 Å². The van der Waals surface area contributed by atoms with E-state index in [1.54, 1.807) is 33.8 Å². The van der Waals surface area contributed by atoms with Crippen LogP contribution in [0.4, 0.5) is 17.6 Å². The molecule has 2 saturated heterocycles. The number of likely N-dealkylation sites (tertiary alicyclic amines) is 1. The fourth-order valence-corrected chi connectivity index (χ4v) is 5.85. The highest BCUT2D eigenvalue weighted by Crippen LogP contribution is 2.24. The summed E-state index contributed by atoms with van der Waals surface area (Å²) in [6, 6.07) is 14.6. The smallest absolute Gasteiger partial charge is 0.253 e. The van der Waals surface area contributed by atoms with Crippen molar-refractivity contribution in [3.05, 3.63) is 77.6 Å². The first-order chi connectivity index (χ1) is 21.5. The van der Waals surface area contributed by atoms with E-state index in [4.69, 9.17) is 15.7 Å². The number of amides is 2. The van der Waals surface area contributed by atoms with Gasteiger partial charge in [-0.3, -0.25) is 14.0 Å². The molecule has 236 valence electrons. The molecule has 0 aliphatic carbocycles. The Morgan fingerprint density at radius 3 is 2.40 bits per heavy atom. The third-order valence-electron chi connectivity index (χ3n) is 8.62. The van der Waals surface area contributed by atoms with Crippen molar-refractivity contribution in [1.29, 1.82) is 0 Å². The van der Waals surface area contributed by atoms with Crippen LogP contribution >= 0.6 is 0 Å². The van der Waals surface area contributed by atoms with Crippen LogP contribution in [0.25, 0.3) is 5.78 Å². The van der Waals surface area contributed by atoms with Crippen molar-refractivity contribution in [2.24, 2.45) is 5.73 Å². The van der Waals surface area contributed by atoms with Gasteiger partial charge in [-0.1, -0.05) is 32.9 Å². The Balaban J connectivity index is 1.14. The first kappa shape index (κ1) is 30.5. The zero-order chi connectivity index (χ0) is 31.7. The van der Waals surface area contributed by atoms with Gasteiger partial charge in [-0.2, -0.15) is 9.97 Å². The Bertz CT molecular complexity index is 1660. The number of β-amino-alcohol motifs (C(OH)–C–C–N with tert-alkyl or cyclic N) is 1. The largest absolute Gasteiger partial charge is 0.390 e. The molecule has 12 heteroatoms. The van der Waals surface area contributed by atoms with Gasteiger partial charge in [0.05, 0.1) is 6.10 Å². The number of piperidine rings is 2. The lowest BCUT2D eigenvalue weighted by Crippen LogP contribution is -2.52. The minimum absolute atomic E-state index is 0.0265. The minimum Gasteiger partial charge on any atom is -0.390 e. The van der Waals surface area contributed by atoms with E-state index in [9.17, 15) is 14.7 Å². The molecule has 3 unspecified atom stereocenters. The molecule has 2 aromatic carbocycles. The Kier molecular flexibility index (Phi) is 8.43. The molecule has 4 aromatic rings. The first-order valence-electron chi connectivity index (χ1n) is 15.5. The molecule has 3 atom stereocenters. The number of aliphatic hydroxyl groups excluding tert-OH is 1. The van der Waals surface area contributed by atoms with Crippen molar-refractivity contribution in [2.75, 3.05) is 36.4 Å². The van der Waals surface area contributed by atoms with Crippen LogP contribution in [0.15, 0.2) is 60.9 Å². The lowest BCUT2D eigenvalue weighted by molar-refractivity contribution is 0.0395. The van der Waals surface area contributed by atoms with E-state index in [-0.39, 0.29) is 35.9 Å². The van der Waals surface area contributed by atoms with Gasteiger partial charge in [-0.25, -0.2) is 4.98 Å². The summed E-state index contributed by atoms with van der Waals surface area (Å²) < 4.78 is 1.77. The number of carbonyl (C=O) groups is 2. The fraction of sp³-hybridized carbons (Fsp3) is 0.424. The summed E-state index contributed by atoms with van der Waals surface area (Å²) in [4.78, 5) is 43.7. The van der Waals surface area contributed by atoms with Crippen molar-refractivity contribution in [3.8, 4) is 0 Å². The van der Waals surface area contributed by atoms with E-state index in [1.165, 1.54) is 5.56 Å². The molecule has 2 aromatic heterocycles. The summed E-state index contributed by atoms with van der Waals surface area (Å²) in [6.45, 7) is 8.55. The Hall–Kier alpha value is -4.55. The van der Waals surface area contributed by atoms with Crippen LogP contribution in [0.5, 0.6) is 0 Å². The Morgan fingerprint density at radius 2 is 1.69 bits per heavy atom. The zero-order valence-corrected chi connectivity index (χ0v) is 26.0. The van der Waals surface area contributed by atoms with E-state index in [1.807, 2.05) is 36.4 Å². The van der Waals surface area contributed by atoms with Gasteiger partial charge in [0, 0.05) is 67.5 Å². The predicted molar refractivity (Wildman–Crippen MR) is 173 cm³/mol. The molecule has 5 N–H and O–H groups in total. The molecule has 2 aliphatic rings. The number of nitrogens with two attached hydrogens (primary N) is 1. The average molecular weight is 612 g/mol. The molecule has 2 amide bonds. The van der Waals surface area contributed by atoms with E-state index in [0.29, 0.717) is 48.3 Å². The van der Waals surface area contributed by atoms with Crippen LogP contribution in [-0.2, 0) is 5.41 Å². The summed E-state index contributed by atoms with van der Waals surface area (Å²) in [5.74, 6) is 1.34. The van der Waals surface area contributed by atoms with Crippen LogP contribution in [0.3, 0.4) is 0 Å². The highest BCUT2D eigenvalue weighted by atomic mass is 16.3. The molecular weight excluding hydrogens is 570 g/mol. The van der Waals surface area contributed by atoms with Crippen molar-refractivity contribution in [1.82, 2.24) is 29.6 Å². The fourth-order valence-electron chi connectivity index (χ4n) is 5.85. The van der Waals surface area contributed by atoms with E-state index >= 15 is 0 Å². The summed E-state index contributed by atoms with van der Waals surface area (Å²) in [5, 5.41) is 16.6. The van der Waals surface area contributed by atoms with Crippen LogP contribution < -0.4 is 21.3 Å². The molecule has 6 rings (SSSR count). The second-order valence-corrected chi connectivity index (χ2v) is 13.0. The summed E-state index contributed by atoms with van der Waals surface area (Å²) >= 11 is 0. The third kappa shape index (κ3) is 6.76. The number of aromatic nitrogens is 4. The zero-order valence-electron chi connectivity index (χ0n) is 26.0. The summed E-state index contributed by atoms with van der Waals surface area (Å²) in [5.41, 5.74) is 9.03. The third-order valence-corrected chi connectivity index (χ3v) is 8.62. The van der Waals surface area contributed by atoms with Gasteiger partial charge >= 0.3 is 0 Å². The number of fused-ring (bicyclic) bond motifs is 1. The van der Waals surface area contributed by atoms with Crippen LogP contribution in [0.1, 0.15) is 66.3 Å². The molecule has 0 bridgehead atoms. The predicted octanol–water partition coefficient (Wildman–Crippen LogP) is 3.10. The normalized spacial score (nSPS) is 20.7. The van der Waals surface area contributed by atoms with Gasteiger partial charge in [0.15, 0.2) is 0 Å². The molecule has 12 nitrogen and oxygen atoms in total. The number of rotatable bonds is 6. The monoisotopic (exact) mass is 611 g/mol. The van der Waals surface area contributed by atoms with Crippen LogP contribution in [0.2, 0.25) is 0 Å². The van der Waals surface area contributed by atoms with Crippen molar-refractivity contribution >= 4 is 35.2 Å². The molecule has 45 heavy (non-hydrogen) atoms. The van der Waals surface area contributed by atoms with Gasteiger partial charge < -0.3 is 31.3 Å². The quantitative estimate of drug-likeness (QED) is 0.258. The highest BCUT2D eigenvalue weighted by Gasteiger charge is 2.29. The maximum absolute atomic E-state index is 13.1. The van der Waals surface area contributed by atoms with Gasteiger partial charge in [-0.05, 0) is 66.6 Å². The van der Waals surface area contributed by atoms with Gasteiger partial charge in [0.25, 0.3) is 11.8 Å². The number of carbonyl (C=O) groups excluding carboxylic acids is 2. The second kappa shape index (κ2) is 12.4. The topological polar surface area (TPSA) is 154 Å². The minimum atomic E-state index is -0.717. The Morgan fingerprint density at radius 1 is 0.956 bits per heavy atom. The molecule has 2 fully saturated rings. The van der Waals surface area contributed by atoms with Crippen LogP contribution in [0, 0.1) is 0 Å². The molecule has 0 radical (unpaired) electrons. The Labute approximate surface area is 262 Å². The van der Waals surface area contributed by atoms with E-state index in [2.05, 4.69) is 41.3 Å². The summed E-state index contributed by atoms with van der Waals surface area (Å²) in [6.07, 6.45) is 5.06. The van der Waals surface area contributed by atoms with Crippen molar-refractivity contribution in [2.45, 2.75) is 63.6 Å². The first-order valence-corrected chi connectivity index (χ1v) is 15.5. The number of imidazole rings is 1. The number of nitrogens with zero attached hydrogens (tertiary/aromatic N) is 6. The number of nitrogens with one attached hydrogen (secondary N) is 2. The molecule has 0 spiro atoms. The second-order valence-electron chi connectivity index (χ2n) is 13.0. The number of hydrogen-bond acceptors (Lipinski definition) is 9. The van der Waals surface area contributed by atoms with Crippen molar-refractivity contribution in [3.63, 3.8) is 0 Å². The number of anilines is 3. The molecule has 4 heterocycles. The lowest BCUT2D eigenvalue weighted by Gasteiger charge is -2.34. The van der Waals surface area contributed by atoms with Gasteiger partial charge in [0.2, 0.25) is 17.7 Å². The van der Waals surface area contributed by atoms with Gasteiger partial charge in [-0.15, -0.1) is 0 Å². The highest BCUT2D eigenvalue weighted by molar-refractivity contribution is 5.95. The van der Waals surface area contributed by atoms with Crippen molar-refractivity contribution < 1.29 is 14.7 Å². The SMILES string of the molecule is CC(C)(C)c1ccc(C(=O)NC2CCCN(c3nc(Nc4ccc(C(=O)N5CCC(N)C(O)C5)cc4)n4ccnc4n3)C2)cc1.